The van der Waals surface area contributed by atoms with E-state index in [0.717, 1.165) is 45.4 Å². The van der Waals surface area contributed by atoms with Crippen LogP contribution in [0, 0.1) is 5.92 Å². The minimum Gasteiger partial charge on any atom is -0.384 e. The number of ether oxygens (including phenoxy) is 1. The number of methoxy groups -OCH3 is 1. The van der Waals surface area contributed by atoms with E-state index in [0.29, 0.717) is 12.0 Å². The number of nitrogens with zero attached hydrogens (tertiary/aromatic N) is 1. The molecule has 5 nitrogen and oxygen atoms in total. The Hall–Kier alpha value is -0.650. The van der Waals surface area contributed by atoms with E-state index in [2.05, 4.69) is 4.90 Å². The lowest BCUT2D eigenvalue weighted by molar-refractivity contribution is -0.125. The lowest BCUT2D eigenvalue weighted by Gasteiger charge is -2.43. The molecule has 0 aromatic rings. The lowest BCUT2D eigenvalue weighted by atomic mass is 9.78. The number of carbonyl (C=O) groups is 1. The monoisotopic (exact) mass is 269 g/mol. The molecule has 2 rings (SSSR count). The summed E-state index contributed by atoms with van der Waals surface area (Å²) in [6.45, 7) is 3.04. The van der Waals surface area contributed by atoms with Gasteiger partial charge in [-0.15, -0.1) is 0 Å². The van der Waals surface area contributed by atoms with Crippen LogP contribution in [0.2, 0.25) is 0 Å². The summed E-state index contributed by atoms with van der Waals surface area (Å²) in [6.07, 6.45) is 5.95. The zero-order chi connectivity index (χ0) is 13.9. The van der Waals surface area contributed by atoms with Gasteiger partial charge in [-0.3, -0.25) is 4.79 Å². The quantitative estimate of drug-likeness (QED) is 0.777. The number of hydrogen-bond acceptors (Lipinski definition) is 4. The zero-order valence-electron chi connectivity index (χ0n) is 11.9. The first-order chi connectivity index (χ1) is 9.05. The second-order valence-corrected chi connectivity index (χ2v) is 6.21. The highest BCUT2D eigenvalue weighted by atomic mass is 16.5. The molecule has 2 atom stereocenters. The molecule has 4 N–H and O–H groups in total. The maximum atomic E-state index is 11.5. The summed E-state index contributed by atoms with van der Waals surface area (Å²) in [6, 6.07) is 0.426. The van der Waals surface area contributed by atoms with Gasteiger partial charge in [-0.25, -0.2) is 0 Å². The SMILES string of the molecule is COCC1CCN(C2CCCC(N)(C(N)=O)C2)CC1. The van der Waals surface area contributed by atoms with Gasteiger partial charge in [0.2, 0.25) is 5.91 Å². The molecule has 1 saturated carbocycles. The molecule has 1 amide bonds. The van der Waals surface area contributed by atoms with Crippen molar-refractivity contribution in [2.75, 3.05) is 26.8 Å². The lowest BCUT2D eigenvalue weighted by Crippen LogP contribution is -2.58. The summed E-state index contributed by atoms with van der Waals surface area (Å²) in [5.41, 5.74) is 10.8. The van der Waals surface area contributed by atoms with Gasteiger partial charge in [-0.05, 0) is 57.5 Å². The van der Waals surface area contributed by atoms with E-state index in [1.165, 1.54) is 12.8 Å². The minimum atomic E-state index is -0.785. The number of piperidine rings is 1. The van der Waals surface area contributed by atoms with Crippen molar-refractivity contribution in [3.63, 3.8) is 0 Å². The van der Waals surface area contributed by atoms with Gasteiger partial charge in [0.25, 0.3) is 0 Å². The van der Waals surface area contributed by atoms with Crippen LogP contribution in [0.1, 0.15) is 38.5 Å². The Morgan fingerprint density at radius 3 is 2.63 bits per heavy atom. The van der Waals surface area contributed by atoms with Gasteiger partial charge in [0.15, 0.2) is 0 Å². The van der Waals surface area contributed by atoms with Crippen LogP contribution in [-0.4, -0.2) is 49.2 Å². The van der Waals surface area contributed by atoms with Crippen LogP contribution in [0.25, 0.3) is 0 Å². The molecule has 0 aromatic carbocycles. The molecule has 110 valence electrons. The molecule has 2 unspecified atom stereocenters. The van der Waals surface area contributed by atoms with Crippen LogP contribution in [-0.2, 0) is 9.53 Å². The molecule has 19 heavy (non-hydrogen) atoms. The molecule has 1 aliphatic heterocycles. The fourth-order valence-electron chi connectivity index (χ4n) is 3.53. The fraction of sp³-hybridized carbons (Fsp3) is 0.929. The van der Waals surface area contributed by atoms with Crippen LogP contribution < -0.4 is 11.5 Å². The molecule has 0 aromatic heterocycles. The number of amides is 1. The van der Waals surface area contributed by atoms with Gasteiger partial charge in [-0.1, -0.05) is 0 Å². The van der Waals surface area contributed by atoms with Gasteiger partial charge >= 0.3 is 0 Å². The number of nitrogens with two attached hydrogens (primary N) is 2. The third-order valence-electron chi connectivity index (χ3n) is 4.82. The predicted octanol–water partition coefficient (Wildman–Crippen LogP) is 0.470. The van der Waals surface area contributed by atoms with Gasteiger partial charge in [0, 0.05) is 19.8 Å². The summed E-state index contributed by atoms with van der Waals surface area (Å²) in [4.78, 5) is 14.0. The normalized spacial score (nSPS) is 34.3. The number of rotatable bonds is 4. The zero-order valence-corrected chi connectivity index (χ0v) is 11.9. The van der Waals surface area contributed by atoms with Crippen LogP contribution in [0.3, 0.4) is 0 Å². The summed E-state index contributed by atoms with van der Waals surface area (Å²) in [5, 5.41) is 0. The Labute approximate surface area is 115 Å². The van der Waals surface area contributed by atoms with E-state index in [9.17, 15) is 4.79 Å². The van der Waals surface area contributed by atoms with Gasteiger partial charge in [0.05, 0.1) is 5.54 Å². The molecule has 2 aliphatic rings. The van der Waals surface area contributed by atoms with Crippen molar-refractivity contribution >= 4 is 5.91 Å². The highest BCUT2D eigenvalue weighted by Gasteiger charge is 2.40. The van der Waals surface area contributed by atoms with Gasteiger partial charge < -0.3 is 21.1 Å². The summed E-state index contributed by atoms with van der Waals surface area (Å²) in [7, 11) is 1.77. The molecule has 5 heteroatoms. The van der Waals surface area contributed by atoms with Crippen LogP contribution in [0.15, 0.2) is 0 Å². The van der Waals surface area contributed by atoms with Crippen molar-refractivity contribution in [2.24, 2.45) is 17.4 Å². The second kappa shape index (κ2) is 6.20. The van der Waals surface area contributed by atoms with E-state index in [-0.39, 0.29) is 5.91 Å². The topological polar surface area (TPSA) is 81.6 Å². The highest BCUT2D eigenvalue weighted by Crippen LogP contribution is 2.31. The van der Waals surface area contributed by atoms with Crippen molar-refractivity contribution in [1.82, 2.24) is 4.90 Å². The molecule has 0 radical (unpaired) electrons. The summed E-state index contributed by atoms with van der Waals surface area (Å²) >= 11 is 0. The maximum Gasteiger partial charge on any atom is 0.237 e. The van der Waals surface area contributed by atoms with Crippen molar-refractivity contribution in [3.05, 3.63) is 0 Å². The Bertz CT molecular complexity index is 316. The first kappa shape index (κ1) is 14.8. The van der Waals surface area contributed by atoms with E-state index in [4.69, 9.17) is 16.2 Å². The molecule has 1 saturated heterocycles. The average molecular weight is 269 g/mol. The third-order valence-corrected chi connectivity index (χ3v) is 4.82. The molecule has 1 heterocycles. The molecule has 0 bridgehead atoms. The first-order valence-corrected chi connectivity index (χ1v) is 7.37. The van der Waals surface area contributed by atoms with E-state index < -0.39 is 5.54 Å². The summed E-state index contributed by atoms with van der Waals surface area (Å²) in [5.74, 6) is 0.343. The fourth-order valence-corrected chi connectivity index (χ4v) is 3.53. The van der Waals surface area contributed by atoms with Crippen molar-refractivity contribution in [2.45, 2.75) is 50.1 Å². The Kier molecular flexibility index (Phi) is 4.81. The number of carbonyl (C=O) groups excluding carboxylic acids is 1. The predicted molar refractivity (Wildman–Crippen MR) is 74.5 cm³/mol. The van der Waals surface area contributed by atoms with E-state index in [1.807, 2.05) is 0 Å². The maximum absolute atomic E-state index is 11.5. The number of hydrogen-bond donors (Lipinski definition) is 2. The smallest absolute Gasteiger partial charge is 0.237 e. The molecular weight excluding hydrogens is 242 g/mol. The van der Waals surface area contributed by atoms with E-state index >= 15 is 0 Å². The van der Waals surface area contributed by atoms with Crippen LogP contribution in [0.4, 0.5) is 0 Å². The largest absolute Gasteiger partial charge is 0.384 e. The molecular formula is C14H27N3O2. The van der Waals surface area contributed by atoms with Crippen molar-refractivity contribution < 1.29 is 9.53 Å². The van der Waals surface area contributed by atoms with Gasteiger partial charge in [0.1, 0.15) is 0 Å². The molecule has 1 aliphatic carbocycles. The van der Waals surface area contributed by atoms with Crippen LogP contribution in [0.5, 0.6) is 0 Å². The first-order valence-electron chi connectivity index (χ1n) is 7.37. The third kappa shape index (κ3) is 3.46. The molecule has 0 spiro atoms. The minimum absolute atomic E-state index is 0.341. The standard InChI is InChI=1S/C14H27N3O2/c1-19-10-11-4-7-17(8-5-11)12-3-2-6-14(16,9-12)13(15)18/h11-12H,2-10,16H2,1H3,(H2,15,18). The number of primary amides is 1. The second-order valence-electron chi connectivity index (χ2n) is 6.21. The Morgan fingerprint density at radius 1 is 1.37 bits per heavy atom. The number of likely N-dealkylation sites (tertiary alicyclic amines) is 1. The Balaban J connectivity index is 1.87. The van der Waals surface area contributed by atoms with Crippen molar-refractivity contribution in [3.8, 4) is 0 Å². The molecule has 2 fully saturated rings. The van der Waals surface area contributed by atoms with Crippen molar-refractivity contribution in [1.29, 1.82) is 0 Å². The Morgan fingerprint density at radius 2 is 2.05 bits per heavy atom. The van der Waals surface area contributed by atoms with Gasteiger partial charge in [-0.2, -0.15) is 0 Å². The van der Waals surface area contributed by atoms with Crippen LogP contribution >= 0.6 is 0 Å². The van der Waals surface area contributed by atoms with E-state index in [1.54, 1.807) is 7.11 Å². The highest BCUT2D eigenvalue weighted by molar-refractivity contribution is 5.84. The average Bonchev–Trinajstić information content (AvgIpc) is 2.40. The summed E-state index contributed by atoms with van der Waals surface area (Å²) < 4.78 is 5.23.